The van der Waals surface area contributed by atoms with Crippen LogP contribution in [0.5, 0.6) is 0 Å². The monoisotopic (exact) mass is 457 g/mol. The van der Waals surface area contributed by atoms with Crippen LogP contribution in [0.25, 0.3) is 11.2 Å². The lowest BCUT2D eigenvalue weighted by atomic mass is 10.1. The van der Waals surface area contributed by atoms with E-state index >= 15 is 0 Å². The highest BCUT2D eigenvalue weighted by Crippen LogP contribution is 2.34. The summed E-state index contributed by atoms with van der Waals surface area (Å²) in [6.07, 6.45) is 9.65. The number of carbonyl (C=O) groups excluding carboxylic acids is 1. The summed E-state index contributed by atoms with van der Waals surface area (Å²) in [5.74, 6) is -0.508. The standard InChI is InChI=1S/C19H32N5O6P/c1-3-4-5-6-7-8-9-10-30-23-19(25)17-16-18(21-12-20-17)24(13-22-16)11-15(2)29-14-31(26,27)28/h12-13,15H,3-11,14H2,1-2H3,(H,23,25)(H2,26,27,28)/t15-/m1/s1. The lowest BCUT2D eigenvalue weighted by Gasteiger charge is -2.14. The van der Waals surface area contributed by atoms with E-state index in [1.54, 1.807) is 11.5 Å². The molecular weight excluding hydrogens is 425 g/mol. The molecule has 174 valence electrons. The van der Waals surface area contributed by atoms with E-state index in [1.807, 2.05) is 0 Å². The molecule has 31 heavy (non-hydrogen) atoms. The Balaban J connectivity index is 1.83. The number of ether oxygens (including phenoxy) is 1. The maximum absolute atomic E-state index is 12.4. The van der Waals surface area contributed by atoms with E-state index < -0.39 is 26.0 Å². The number of hydroxylamine groups is 1. The van der Waals surface area contributed by atoms with Crippen LogP contribution in [0.15, 0.2) is 12.7 Å². The molecule has 0 fully saturated rings. The molecule has 0 aliphatic carbocycles. The summed E-state index contributed by atoms with van der Waals surface area (Å²) in [4.78, 5) is 47.9. The molecule has 2 heterocycles. The van der Waals surface area contributed by atoms with Crippen LogP contribution in [-0.2, 0) is 20.7 Å². The Hall–Kier alpha value is -1.91. The van der Waals surface area contributed by atoms with Crippen molar-refractivity contribution in [2.45, 2.75) is 71.4 Å². The van der Waals surface area contributed by atoms with Gasteiger partial charge in [-0.2, -0.15) is 0 Å². The van der Waals surface area contributed by atoms with Crippen molar-refractivity contribution >= 4 is 24.7 Å². The zero-order valence-electron chi connectivity index (χ0n) is 18.1. The molecule has 0 saturated carbocycles. The number of nitrogens with zero attached hydrogens (tertiary/aromatic N) is 4. The molecule has 0 saturated heterocycles. The van der Waals surface area contributed by atoms with Crippen LogP contribution in [0.3, 0.4) is 0 Å². The third-order valence-electron chi connectivity index (χ3n) is 4.61. The first-order valence-electron chi connectivity index (χ1n) is 10.6. The molecular formula is C19H32N5O6P. The van der Waals surface area contributed by atoms with E-state index in [0.717, 1.165) is 19.3 Å². The minimum atomic E-state index is -4.24. The van der Waals surface area contributed by atoms with Crippen LogP contribution in [0, 0.1) is 0 Å². The van der Waals surface area contributed by atoms with Gasteiger partial charge >= 0.3 is 7.60 Å². The van der Waals surface area contributed by atoms with Crippen molar-refractivity contribution in [1.82, 2.24) is 25.0 Å². The Bertz CT molecular complexity index is 871. The number of rotatable bonds is 15. The van der Waals surface area contributed by atoms with Crippen molar-refractivity contribution in [2.24, 2.45) is 0 Å². The van der Waals surface area contributed by atoms with Crippen LogP contribution < -0.4 is 5.48 Å². The van der Waals surface area contributed by atoms with E-state index in [9.17, 15) is 9.36 Å². The van der Waals surface area contributed by atoms with E-state index in [-0.39, 0.29) is 12.2 Å². The Labute approximate surface area is 181 Å². The summed E-state index contributed by atoms with van der Waals surface area (Å²) in [6.45, 7) is 4.55. The van der Waals surface area contributed by atoms with Crippen LogP contribution in [-0.4, -0.2) is 54.3 Å². The highest BCUT2D eigenvalue weighted by Gasteiger charge is 2.19. The van der Waals surface area contributed by atoms with E-state index in [2.05, 4.69) is 27.4 Å². The number of hydrogen-bond donors (Lipinski definition) is 3. The molecule has 0 bridgehead atoms. The fourth-order valence-electron chi connectivity index (χ4n) is 3.03. The molecule has 1 amide bonds. The van der Waals surface area contributed by atoms with Crippen LogP contribution in [0.2, 0.25) is 0 Å². The number of fused-ring (bicyclic) bond motifs is 1. The minimum Gasteiger partial charge on any atom is -0.364 e. The highest BCUT2D eigenvalue weighted by atomic mass is 31.2. The van der Waals surface area contributed by atoms with Gasteiger partial charge in [0.05, 0.1) is 25.6 Å². The van der Waals surface area contributed by atoms with Crippen molar-refractivity contribution in [3.8, 4) is 0 Å². The van der Waals surface area contributed by atoms with Gasteiger partial charge in [0.1, 0.15) is 18.2 Å². The largest absolute Gasteiger partial charge is 0.364 e. The van der Waals surface area contributed by atoms with Crippen LogP contribution in [0.1, 0.15) is 69.3 Å². The van der Waals surface area contributed by atoms with Gasteiger partial charge in [0.25, 0.3) is 5.91 Å². The minimum absolute atomic E-state index is 0.0899. The van der Waals surface area contributed by atoms with Gasteiger partial charge in [0, 0.05) is 0 Å². The van der Waals surface area contributed by atoms with Crippen molar-refractivity contribution in [3.05, 3.63) is 18.3 Å². The molecule has 12 heteroatoms. The number of nitrogens with one attached hydrogen (secondary N) is 1. The molecule has 11 nitrogen and oxygen atoms in total. The maximum Gasteiger partial charge on any atom is 0.350 e. The highest BCUT2D eigenvalue weighted by molar-refractivity contribution is 7.51. The topological polar surface area (TPSA) is 149 Å². The maximum atomic E-state index is 12.4. The van der Waals surface area contributed by atoms with Crippen molar-refractivity contribution < 1.29 is 28.7 Å². The predicted molar refractivity (Wildman–Crippen MR) is 114 cm³/mol. The average Bonchev–Trinajstić information content (AvgIpc) is 3.13. The van der Waals surface area contributed by atoms with Gasteiger partial charge in [-0.1, -0.05) is 45.4 Å². The fraction of sp³-hybridized carbons (Fsp3) is 0.684. The Kier molecular flexibility index (Phi) is 10.5. The SMILES string of the molecule is CCCCCCCCCONC(=O)c1ncnc2c1ncn2C[C@@H](C)OCP(=O)(O)O. The fourth-order valence-corrected chi connectivity index (χ4v) is 3.48. The average molecular weight is 457 g/mol. The van der Waals surface area contributed by atoms with E-state index in [4.69, 9.17) is 19.4 Å². The van der Waals surface area contributed by atoms with E-state index in [1.165, 1.54) is 38.3 Å². The molecule has 1 atom stereocenters. The third-order valence-corrected chi connectivity index (χ3v) is 5.10. The van der Waals surface area contributed by atoms with Gasteiger partial charge in [0.2, 0.25) is 0 Å². The molecule has 3 N–H and O–H groups in total. The molecule has 2 rings (SSSR count). The van der Waals surface area contributed by atoms with Crippen LogP contribution in [0.4, 0.5) is 0 Å². The van der Waals surface area contributed by atoms with Gasteiger partial charge in [-0.05, 0) is 13.3 Å². The number of imidazole rings is 1. The van der Waals surface area contributed by atoms with Crippen molar-refractivity contribution in [2.75, 3.05) is 13.0 Å². The smallest absolute Gasteiger partial charge is 0.350 e. The zero-order chi connectivity index (χ0) is 22.7. The molecule has 0 radical (unpaired) electrons. The van der Waals surface area contributed by atoms with Gasteiger partial charge in [-0.25, -0.2) is 20.4 Å². The normalized spacial score (nSPS) is 12.9. The molecule has 2 aromatic rings. The summed E-state index contributed by atoms with van der Waals surface area (Å²) in [7, 11) is -4.24. The van der Waals surface area contributed by atoms with Crippen LogP contribution >= 0.6 is 7.60 Å². The molecule has 2 aromatic heterocycles. The lowest BCUT2D eigenvalue weighted by molar-refractivity contribution is 0.0294. The molecule has 0 aromatic carbocycles. The lowest BCUT2D eigenvalue weighted by Crippen LogP contribution is -2.25. The molecule has 0 aliphatic heterocycles. The predicted octanol–water partition coefficient (Wildman–Crippen LogP) is 2.78. The summed E-state index contributed by atoms with van der Waals surface area (Å²) < 4.78 is 17.7. The first-order chi connectivity index (χ1) is 14.8. The van der Waals surface area contributed by atoms with Gasteiger partial charge in [-0.3, -0.25) is 14.2 Å². The summed E-state index contributed by atoms with van der Waals surface area (Å²) in [5.41, 5.74) is 3.21. The zero-order valence-corrected chi connectivity index (χ0v) is 19.0. The molecule has 0 aliphatic rings. The van der Waals surface area contributed by atoms with Gasteiger partial charge in [0.15, 0.2) is 11.3 Å². The van der Waals surface area contributed by atoms with Crippen molar-refractivity contribution in [1.29, 1.82) is 0 Å². The van der Waals surface area contributed by atoms with Crippen molar-refractivity contribution in [3.63, 3.8) is 0 Å². The molecule has 0 spiro atoms. The number of unbranched alkanes of at least 4 members (excludes halogenated alkanes) is 6. The Morgan fingerprint density at radius 2 is 1.87 bits per heavy atom. The van der Waals surface area contributed by atoms with E-state index in [0.29, 0.717) is 17.8 Å². The Morgan fingerprint density at radius 1 is 1.16 bits per heavy atom. The molecule has 0 unspecified atom stereocenters. The third kappa shape index (κ3) is 9.00. The second kappa shape index (κ2) is 12.8. The quantitative estimate of drug-likeness (QED) is 0.208. The van der Waals surface area contributed by atoms with Gasteiger partial charge in [-0.15, -0.1) is 0 Å². The number of hydrogen-bond acceptors (Lipinski definition) is 7. The second-order valence-corrected chi connectivity index (χ2v) is 9.05. The number of carbonyl (C=O) groups is 1. The number of amides is 1. The first kappa shape index (κ1) is 25.4. The summed E-state index contributed by atoms with van der Waals surface area (Å²) >= 11 is 0. The summed E-state index contributed by atoms with van der Waals surface area (Å²) in [5, 5.41) is 0. The van der Waals surface area contributed by atoms with Gasteiger partial charge < -0.3 is 19.1 Å². The number of aromatic nitrogens is 4. The summed E-state index contributed by atoms with van der Waals surface area (Å²) in [6, 6.07) is 0. The first-order valence-corrected chi connectivity index (χ1v) is 12.4. The second-order valence-electron chi connectivity index (χ2n) is 7.46. The Morgan fingerprint density at radius 3 is 2.58 bits per heavy atom.